The molecule has 0 spiro atoms. The molecular weight excluding hydrogens is 479 g/mol. The lowest BCUT2D eigenvalue weighted by atomic mass is 10.2. The van der Waals surface area contributed by atoms with Crippen LogP contribution in [0.25, 0.3) is 0 Å². The molecule has 0 aliphatic carbocycles. The minimum Gasteiger partial charge on any atom is -0.489 e. The van der Waals surface area contributed by atoms with Gasteiger partial charge in [0.25, 0.3) is 0 Å². The van der Waals surface area contributed by atoms with Crippen LogP contribution >= 0.6 is 24.0 Å². The Morgan fingerprint density at radius 1 is 1.10 bits per heavy atom. The number of ether oxygens (including phenoxy) is 1. The van der Waals surface area contributed by atoms with Gasteiger partial charge in [-0.05, 0) is 37.1 Å². The predicted molar refractivity (Wildman–Crippen MR) is 129 cm³/mol. The van der Waals surface area contributed by atoms with Gasteiger partial charge >= 0.3 is 0 Å². The molecule has 7 heteroatoms. The lowest BCUT2D eigenvalue weighted by Gasteiger charge is -2.19. The summed E-state index contributed by atoms with van der Waals surface area (Å²) in [5, 5.41) is 6.35. The van der Waals surface area contributed by atoms with Crippen LogP contribution in [-0.4, -0.2) is 50.1 Å². The standard InChI is InChI=1S/C22H30N4O2.HI/c1-17-9-8-12-20(13-17)28-18(2)14-23-22(25-16-21(27)26(3)4)24-15-19-10-6-5-7-11-19;/h5-13,18H,14-16H2,1-4H3,(H2,23,24,25);1H. The number of hydrogen-bond acceptors (Lipinski definition) is 3. The van der Waals surface area contributed by atoms with Crippen LogP contribution in [0, 0.1) is 6.92 Å². The number of rotatable bonds is 8. The first-order chi connectivity index (χ1) is 13.4. The molecule has 0 fully saturated rings. The molecule has 0 saturated carbocycles. The summed E-state index contributed by atoms with van der Waals surface area (Å²) in [4.78, 5) is 18.0. The zero-order valence-corrected chi connectivity index (χ0v) is 19.8. The van der Waals surface area contributed by atoms with E-state index >= 15 is 0 Å². The van der Waals surface area contributed by atoms with Gasteiger partial charge in [-0.2, -0.15) is 0 Å². The summed E-state index contributed by atoms with van der Waals surface area (Å²) in [6, 6.07) is 18.0. The van der Waals surface area contributed by atoms with E-state index in [4.69, 9.17) is 4.74 Å². The third kappa shape index (κ3) is 9.65. The average molecular weight is 510 g/mol. The third-order valence-electron chi connectivity index (χ3n) is 4.05. The first kappa shape index (κ1) is 24.7. The number of benzene rings is 2. The highest BCUT2D eigenvalue weighted by Crippen LogP contribution is 2.13. The van der Waals surface area contributed by atoms with Gasteiger partial charge < -0.3 is 20.3 Å². The predicted octanol–water partition coefficient (Wildman–Crippen LogP) is 3.20. The highest BCUT2D eigenvalue weighted by molar-refractivity contribution is 14.0. The van der Waals surface area contributed by atoms with E-state index < -0.39 is 0 Å². The number of nitrogens with one attached hydrogen (secondary N) is 2. The monoisotopic (exact) mass is 510 g/mol. The van der Waals surface area contributed by atoms with Crippen LogP contribution in [-0.2, 0) is 11.3 Å². The highest BCUT2D eigenvalue weighted by Gasteiger charge is 2.09. The summed E-state index contributed by atoms with van der Waals surface area (Å²) in [6.07, 6.45) is -0.0601. The maximum atomic E-state index is 11.9. The Balaban J connectivity index is 0.00000420. The lowest BCUT2D eigenvalue weighted by Crippen LogP contribution is -2.45. The molecule has 0 aromatic heterocycles. The molecule has 158 valence electrons. The van der Waals surface area contributed by atoms with Gasteiger partial charge in [0.1, 0.15) is 11.9 Å². The smallest absolute Gasteiger partial charge is 0.241 e. The van der Waals surface area contributed by atoms with E-state index in [1.165, 1.54) is 0 Å². The fraction of sp³-hybridized carbons (Fsp3) is 0.364. The molecular formula is C22H31IN4O2. The number of hydrogen-bond donors (Lipinski definition) is 2. The van der Waals surface area contributed by atoms with Gasteiger partial charge in [0, 0.05) is 14.1 Å². The number of halogens is 1. The molecule has 2 rings (SSSR count). The Kier molecular flexibility index (Phi) is 11.1. The molecule has 1 atom stereocenters. The van der Waals surface area contributed by atoms with Crippen LogP contribution in [0.4, 0.5) is 0 Å². The quantitative estimate of drug-likeness (QED) is 0.325. The number of carbonyl (C=O) groups is 1. The van der Waals surface area contributed by atoms with E-state index in [1.807, 2.05) is 68.4 Å². The Morgan fingerprint density at radius 3 is 2.48 bits per heavy atom. The summed E-state index contributed by atoms with van der Waals surface area (Å²) in [6.45, 7) is 5.30. The molecule has 0 saturated heterocycles. The second kappa shape index (κ2) is 13.0. The van der Waals surface area contributed by atoms with Crippen molar-refractivity contribution in [3.63, 3.8) is 0 Å². The van der Waals surface area contributed by atoms with Crippen LogP contribution in [0.3, 0.4) is 0 Å². The average Bonchev–Trinajstić information content (AvgIpc) is 2.67. The molecule has 2 aromatic carbocycles. The van der Waals surface area contributed by atoms with Crippen LogP contribution in [0.15, 0.2) is 59.6 Å². The molecule has 0 aliphatic heterocycles. The Morgan fingerprint density at radius 2 is 1.83 bits per heavy atom. The summed E-state index contributed by atoms with van der Waals surface area (Å²) in [5.41, 5.74) is 2.26. The summed E-state index contributed by atoms with van der Waals surface area (Å²) in [5.74, 6) is 1.41. The molecule has 0 radical (unpaired) electrons. The summed E-state index contributed by atoms with van der Waals surface area (Å²) < 4.78 is 5.95. The zero-order valence-electron chi connectivity index (χ0n) is 17.5. The van der Waals surface area contributed by atoms with E-state index in [9.17, 15) is 4.79 Å². The number of likely N-dealkylation sites (N-methyl/N-ethyl adjacent to an activating group) is 1. The molecule has 0 bridgehead atoms. The van der Waals surface area contributed by atoms with Crippen LogP contribution in [0.5, 0.6) is 5.75 Å². The molecule has 2 aromatic rings. The van der Waals surface area contributed by atoms with Gasteiger partial charge in [-0.25, -0.2) is 4.99 Å². The summed E-state index contributed by atoms with van der Waals surface area (Å²) >= 11 is 0. The lowest BCUT2D eigenvalue weighted by molar-refractivity contribution is -0.127. The zero-order chi connectivity index (χ0) is 20.4. The first-order valence-corrected chi connectivity index (χ1v) is 9.43. The van der Waals surface area contributed by atoms with Crippen LogP contribution in [0.2, 0.25) is 0 Å². The van der Waals surface area contributed by atoms with Gasteiger partial charge in [-0.3, -0.25) is 4.79 Å². The fourth-order valence-corrected chi connectivity index (χ4v) is 2.45. The normalized spacial score (nSPS) is 11.8. The van der Waals surface area contributed by atoms with Crippen molar-refractivity contribution in [1.82, 2.24) is 15.5 Å². The number of aryl methyl sites for hydroxylation is 1. The van der Waals surface area contributed by atoms with Crippen molar-refractivity contribution in [3.8, 4) is 5.75 Å². The van der Waals surface area contributed by atoms with Gasteiger partial charge in [-0.15, -0.1) is 24.0 Å². The van der Waals surface area contributed by atoms with E-state index in [0.29, 0.717) is 19.0 Å². The van der Waals surface area contributed by atoms with E-state index in [2.05, 4.69) is 15.6 Å². The van der Waals surface area contributed by atoms with Crippen molar-refractivity contribution >= 4 is 35.8 Å². The van der Waals surface area contributed by atoms with Crippen LogP contribution in [0.1, 0.15) is 18.1 Å². The van der Waals surface area contributed by atoms with E-state index in [1.54, 1.807) is 19.0 Å². The van der Waals surface area contributed by atoms with Crippen molar-refractivity contribution in [2.75, 3.05) is 27.2 Å². The number of guanidine groups is 1. The molecule has 6 nitrogen and oxygen atoms in total. The maximum absolute atomic E-state index is 11.9. The van der Waals surface area contributed by atoms with Gasteiger partial charge in [0.2, 0.25) is 5.91 Å². The van der Waals surface area contributed by atoms with Gasteiger partial charge in [0.15, 0.2) is 5.96 Å². The first-order valence-electron chi connectivity index (χ1n) is 9.43. The highest BCUT2D eigenvalue weighted by atomic mass is 127. The Hall–Kier alpha value is -2.29. The second-order valence-electron chi connectivity index (χ2n) is 6.92. The molecule has 2 N–H and O–H groups in total. The number of amides is 1. The van der Waals surface area contributed by atoms with E-state index in [0.717, 1.165) is 16.9 Å². The molecule has 29 heavy (non-hydrogen) atoms. The van der Waals surface area contributed by atoms with Crippen molar-refractivity contribution in [2.24, 2.45) is 4.99 Å². The second-order valence-corrected chi connectivity index (χ2v) is 6.92. The van der Waals surface area contributed by atoms with Crippen molar-refractivity contribution in [3.05, 3.63) is 65.7 Å². The molecule has 1 amide bonds. The van der Waals surface area contributed by atoms with Crippen molar-refractivity contribution in [1.29, 1.82) is 0 Å². The largest absolute Gasteiger partial charge is 0.489 e. The third-order valence-corrected chi connectivity index (χ3v) is 4.05. The van der Waals surface area contributed by atoms with Gasteiger partial charge in [-0.1, -0.05) is 42.5 Å². The van der Waals surface area contributed by atoms with E-state index in [-0.39, 0.29) is 42.5 Å². The minimum absolute atomic E-state index is 0. The van der Waals surface area contributed by atoms with Crippen molar-refractivity contribution < 1.29 is 9.53 Å². The number of nitrogens with zero attached hydrogens (tertiary/aromatic N) is 2. The van der Waals surface area contributed by atoms with Crippen molar-refractivity contribution in [2.45, 2.75) is 26.5 Å². The topological polar surface area (TPSA) is 66.0 Å². The fourth-order valence-electron chi connectivity index (χ4n) is 2.45. The Bertz CT molecular complexity index is 781. The van der Waals surface area contributed by atoms with Gasteiger partial charge in [0.05, 0.1) is 19.6 Å². The molecule has 1 unspecified atom stereocenters. The molecule has 0 aliphatic rings. The molecule has 0 heterocycles. The minimum atomic E-state index is -0.0601. The van der Waals surface area contributed by atoms with Crippen LogP contribution < -0.4 is 15.4 Å². The number of aliphatic imine (C=N–C) groups is 1. The number of carbonyl (C=O) groups excluding carboxylic acids is 1. The summed E-state index contributed by atoms with van der Waals surface area (Å²) in [7, 11) is 3.46. The SMILES string of the molecule is Cc1cccc(OC(C)CNC(=NCc2ccccc2)NCC(=O)N(C)C)c1.I. The maximum Gasteiger partial charge on any atom is 0.241 e. The Labute approximate surface area is 190 Å².